The number of nitro groups is 1. The highest BCUT2D eigenvalue weighted by molar-refractivity contribution is 7.90. The summed E-state index contributed by atoms with van der Waals surface area (Å²) < 4.78 is 173. The Balaban J connectivity index is 1.53. The van der Waals surface area contributed by atoms with Gasteiger partial charge in [0.25, 0.3) is 56.3 Å². The van der Waals surface area contributed by atoms with Crippen LogP contribution in [-0.4, -0.2) is 86.0 Å². The van der Waals surface area contributed by atoms with E-state index in [0.29, 0.717) is 36.4 Å². The molecule has 5 aromatic rings. The maximum absolute atomic E-state index is 12.6. The summed E-state index contributed by atoms with van der Waals surface area (Å²) in [6.45, 7) is 1.32. The van der Waals surface area contributed by atoms with Crippen molar-refractivity contribution in [2.45, 2.75) is 32.5 Å². The predicted molar refractivity (Wildman–Crippen MR) is 227 cm³/mol. The Kier molecular flexibility index (Phi) is 12.7. The summed E-state index contributed by atoms with van der Waals surface area (Å²) in [7, 11) is -26.5. The van der Waals surface area contributed by atoms with Crippen LogP contribution in [-0.2, 0) is 50.6 Å². The van der Waals surface area contributed by atoms with E-state index in [-0.39, 0.29) is 16.5 Å². The van der Waals surface area contributed by atoms with Gasteiger partial charge in [0.15, 0.2) is 11.5 Å². The van der Waals surface area contributed by atoms with Gasteiger partial charge in [0, 0.05) is 23.4 Å². The van der Waals surface area contributed by atoms with Crippen molar-refractivity contribution in [2.24, 2.45) is 41.8 Å². The third kappa shape index (κ3) is 10.0. The average Bonchev–Trinajstić information content (AvgIpc) is 3.20. The van der Waals surface area contributed by atoms with E-state index in [2.05, 4.69) is 35.9 Å². The number of hydrogen-bond donors (Lipinski definition) is 8. The van der Waals surface area contributed by atoms with Crippen LogP contribution in [0.25, 0.3) is 21.5 Å². The first-order valence-corrected chi connectivity index (χ1v) is 24.6. The Hall–Kier alpha value is -7.15. The summed E-state index contributed by atoms with van der Waals surface area (Å²) in [4.78, 5) is 15.6. The number of aromatic hydroxyl groups is 2. The molecular weight excluding hydrogens is 1000 g/mol. The second-order valence-electron chi connectivity index (χ2n) is 13.7. The molecule has 5 aromatic carbocycles. The number of anilines is 1. The number of hydrogen-bond acceptors (Lipinski definition) is 23. The second-order valence-corrected chi connectivity index (χ2v) is 20.7. The van der Waals surface area contributed by atoms with Gasteiger partial charge in [0.1, 0.15) is 59.0 Å². The van der Waals surface area contributed by atoms with E-state index >= 15 is 0 Å². The first-order valence-electron chi connectivity index (χ1n) is 17.4. The molecule has 0 fully saturated rings. The molecule has 0 bridgehead atoms. The molecule has 2 atom stereocenters. The van der Waals surface area contributed by atoms with E-state index in [9.17, 15) is 90.1 Å². The number of azo groups is 3. The quantitative estimate of drug-likeness (QED) is 0.0162. The van der Waals surface area contributed by atoms with E-state index < -0.39 is 154 Å². The molecule has 0 spiro atoms. The number of phenolic OH excluding ortho intramolecular Hbond substituents is 2. The Morgan fingerprint density at radius 1 is 0.627 bits per heavy atom. The van der Waals surface area contributed by atoms with Gasteiger partial charge in [-0.05, 0) is 64.5 Å². The van der Waals surface area contributed by atoms with E-state index in [1.807, 2.05) is 0 Å². The van der Waals surface area contributed by atoms with E-state index in [1.54, 1.807) is 0 Å². The highest BCUT2D eigenvalue weighted by Crippen LogP contribution is 2.49. The lowest BCUT2D eigenvalue weighted by molar-refractivity contribution is -0.385. The van der Waals surface area contributed by atoms with Crippen molar-refractivity contribution < 1.29 is 80.0 Å². The number of benzene rings is 5. The predicted octanol–water partition coefficient (Wildman–Crippen LogP) is 6.24. The highest BCUT2D eigenvalue weighted by atomic mass is 32.2. The molecular formula is C33H25N9O20S5. The number of nitroso groups, excluding NO2 is 1. The van der Waals surface area contributed by atoms with Crippen LogP contribution in [0.5, 0.6) is 11.5 Å². The van der Waals surface area contributed by atoms with Crippen LogP contribution < -0.4 is 5.73 Å². The first-order chi connectivity index (χ1) is 30.8. The zero-order valence-corrected chi connectivity index (χ0v) is 36.7. The summed E-state index contributed by atoms with van der Waals surface area (Å²) in [6.07, 6.45) is 1.81. The van der Waals surface area contributed by atoms with Crippen LogP contribution >= 0.6 is 0 Å². The van der Waals surface area contributed by atoms with E-state index in [0.717, 1.165) is 30.3 Å². The van der Waals surface area contributed by atoms with Crippen molar-refractivity contribution in [1.29, 1.82) is 0 Å². The number of allylic oxidation sites excluding steroid dienone is 1. The molecule has 0 heterocycles. The molecule has 34 heteroatoms. The molecule has 1 aliphatic rings. The zero-order chi connectivity index (χ0) is 49.9. The topological polar surface area (TPSA) is 485 Å². The Bertz CT molecular complexity index is 3780. The fraction of sp³-hybridized carbons (Fsp3) is 0.0909. The fourth-order valence-corrected chi connectivity index (χ4v) is 9.84. The van der Waals surface area contributed by atoms with E-state index in [4.69, 9.17) is 5.73 Å². The maximum Gasteiger partial charge on any atom is 0.297 e. The molecule has 1 aliphatic carbocycles. The summed E-state index contributed by atoms with van der Waals surface area (Å²) >= 11 is 0. The lowest BCUT2D eigenvalue weighted by Crippen LogP contribution is -2.25. The van der Waals surface area contributed by atoms with Crippen LogP contribution in [0.2, 0.25) is 0 Å². The van der Waals surface area contributed by atoms with Gasteiger partial charge in [-0.15, -0.1) is 25.4 Å². The Morgan fingerprint density at radius 3 is 1.70 bits per heavy atom. The summed E-state index contributed by atoms with van der Waals surface area (Å²) in [5.41, 5.74) is -0.357. The maximum atomic E-state index is 12.6. The molecule has 352 valence electrons. The van der Waals surface area contributed by atoms with Crippen LogP contribution in [0.1, 0.15) is 6.92 Å². The second kappa shape index (κ2) is 17.3. The SMILES string of the molecule is CC1C=C(N=O)C=C(S(=O)(=O)O)C1N=Nc1c(S(=O)(=O)O)cc2ccc(N=Nc3c(S(=O)(=O)O)cc4cc(S(=O)(=O)O)c(N=Nc5ccc([N+](=O)[O-])cc5S(=O)(=O)O)c(O)c4c3N)cc2c1O. The van der Waals surface area contributed by atoms with Crippen molar-refractivity contribution in [2.75, 3.05) is 5.73 Å². The molecule has 29 nitrogen and oxygen atoms in total. The van der Waals surface area contributed by atoms with Crippen LogP contribution in [0.15, 0.2) is 133 Å². The van der Waals surface area contributed by atoms with Gasteiger partial charge in [0.05, 0.1) is 21.7 Å². The summed E-state index contributed by atoms with van der Waals surface area (Å²) in [6, 6.07) is 5.02. The smallest absolute Gasteiger partial charge is 0.297 e. The van der Waals surface area contributed by atoms with Crippen LogP contribution in [0, 0.1) is 20.9 Å². The van der Waals surface area contributed by atoms with Crippen molar-refractivity contribution >= 4 is 112 Å². The van der Waals surface area contributed by atoms with Gasteiger partial charge in [-0.2, -0.15) is 52.3 Å². The normalized spacial score (nSPS) is 16.6. The summed E-state index contributed by atoms with van der Waals surface area (Å²) in [5, 5.41) is 56.6. The minimum absolute atomic E-state index is 0.153. The van der Waals surface area contributed by atoms with Gasteiger partial charge in [-0.1, -0.05) is 13.0 Å². The van der Waals surface area contributed by atoms with Gasteiger partial charge in [-0.3, -0.25) is 32.9 Å². The number of fused-ring (bicyclic) bond motifs is 2. The molecule has 2 unspecified atom stereocenters. The molecule has 6 rings (SSSR count). The Morgan fingerprint density at radius 2 is 1.16 bits per heavy atom. The van der Waals surface area contributed by atoms with Gasteiger partial charge >= 0.3 is 0 Å². The zero-order valence-electron chi connectivity index (χ0n) is 32.6. The third-order valence-electron chi connectivity index (χ3n) is 9.34. The largest absolute Gasteiger partial charge is 0.505 e. The first kappa shape index (κ1) is 49.3. The molecule has 0 saturated heterocycles. The minimum Gasteiger partial charge on any atom is -0.505 e. The van der Waals surface area contributed by atoms with E-state index in [1.165, 1.54) is 6.92 Å². The molecule has 0 aliphatic heterocycles. The Labute approximate surface area is 374 Å². The molecule has 67 heavy (non-hydrogen) atoms. The minimum atomic E-state index is -5.48. The number of nitro benzene ring substituents is 1. The monoisotopic (exact) mass is 1030 g/mol. The number of phenols is 2. The van der Waals surface area contributed by atoms with Crippen molar-refractivity contribution in [3.8, 4) is 11.5 Å². The number of rotatable bonds is 13. The van der Waals surface area contributed by atoms with Gasteiger partial charge in [-0.25, -0.2) is 0 Å². The molecule has 0 amide bonds. The molecule has 0 radical (unpaired) electrons. The number of non-ortho nitro benzene ring substituents is 1. The molecule has 0 saturated carbocycles. The van der Waals surface area contributed by atoms with Gasteiger partial charge in [0.2, 0.25) is 0 Å². The number of nitrogens with zero attached hydrogens (tertiary/aromatic N) is 8. The average molecular weight is 1030 g/mol. The lowest BCUT2D eigenvalue weighted by atomic mass is 9.96. The molecule has 9 N–H and O–H groups in total. The highest BCUT2D eigenvalue weighted by Gasteiger charge is 2.34. The third-order valence-corrected chi connectivity index (χ3v) is 13.8. The number of nitrogen functional groups attached to an aromatic ring is 1. The van der Waals surface area contributed by atoms with Crippen LogP contribution in [0.3, 0.4) is 0 Å². The number of nitrogens with two attached hydrogens (primary N) is 1. The van der Waals surface area contributed by atoms with Crippen molar-refractivity contribution in [3.63, 3.8) is 0 Å². The van der Waals surface area contributed by atoms with Crippen molar-refractivity contribution in [3.05, 3.63) is 92.4 Å². The van der Waals surface area contributed by atoms with Gasteiger partial charge < -0.3 is 15.9 Å². The van der Waals surface area contributed by atoms with Crippen LogP contribution in [0.4, 0.5) is 39.8 Å². The van der Waals surface area contributed by atoms with Crippen molar-refractivity contribution in [1.82, 2.24) is 0 Å². The fourth-order valence-electron chi connectivity index (χ4n) is 6.37. The summed E-state index contributed by atoms with van der Waals surface area (Å²) in [5.74, 6) is -3.42. The standard InChI is InChI=1S/C33H25N9O20S5/c1-13-6-17(41-45)11-25(67(60,61)62)28(13)37-40-30-23(65(54,55)56)7-14-2-3-16(10-19(14)32(30)43)35-38-29-22(64(51,52)53)8-15-9-24(66(57,58)59)31(33(44)26(15)27(29)34)39-36-20-5-4-18(42(46)47)12-21(20)63(48,49)50/h2-13,28,43-44H,34H2,1H3,(H,48,49,50)(H,51,52,53)(H,54,55,56)(H,57,58,59)(H,60,61,62). The molecule has 0 aromatic heterocycles. The lowest BCUT2D eigenvalue weighted by Gasteiger charge is -2.21.